The minimum absolute atomic E-state index is 0.0524. The molecule has 0 aliphatic carbocycles. The summed E-state index contributed by atoms with van der Waals surface area (Å²) in [5.74, 6) is -3.23. The molecule has 2 aromatic rings. The Labute approximate surface area is 241 Å². The molecule has 224 valence electrons. The van der Waals surface area contributed by atoms with Crippen molar-refractivity contribution < 1.29 is 29.4 Å². The van der Waals surface area contributed by atoms with Crippen molar-refractivity contribution in [2.75, 3.05) is 6.54 Å². The third kappa shape index (κ3) is 11.2. The van der Waals surface area contributed by atoms with Gasteiger partial charge >= 0.3 is 5.97 Å². The number of nitrogens with one attached hydrogen (secondary N) is 3. The van der Waals surface area contributed by atoms with Crippen molar-refractivity contribution in [1.82, 2.24) is 16.0 Å². The highest BCUT2D eigenvalue weighted by Gasteiger charge is 2.32. The molecule has 11 heteroatoms. The van der Waals surface area contributed by atoms with Crippen LogP contribution in [0.25, 0.3) is 0 Å². The molecule has 9 N–H and O–H groups in total. The average Bonchev–Trinajstić information content (AvgIpc) is 2.95. The highest BCUT2D eigenvalue weighted by molar-refractivity contribution is 5.94. The van der Waals surface area contributed by atoms with E-state index in [1.54, 1.807) is 19.1 Å². The summed E-state index contributed by atoms with van der Waals surface area (Å²) in [4.78, 5) is 51.6. The maximum absolute atomic E-state index is 13.6. The van der Waals surface area contributed by atoms with E-state index in [1.807, 2.05) is 37.3 Å². The van der Waals surface area contributed by atoms with Crippen LogP contribution in [0.2, 0.25) is 0 Å². The molecule has 0 aliphatic heterocycles. The van der Waals surface area contributed by atoms with Gasteiger partial charge < -0.3 is 37.6 Å². The van der Waals surface area contributed by atoms with Gasteiger partial charge in [-0.05, 0) is 61.4 Å². The van der Waals surface area contributed by atoms with E-state index >= 15 is 0 Å². The third-order valence-corrected chi connectivity index (χ3v) is 7.00. The van der Waals surface area contributed by atoms with Crippen molar-refractivity contribution in [3.05, 3.63) is 65.7 Å². The van der Waals surface area contributed by atoms with Crippen LogP contribution in [0.15, 0.2) is 54.6 Å². The molecule has 0 radical (unpaired) electrons. The second-order valence-corrected chi connectivity index (χ2v) is 10.3. The first-order valence-electron chi connectivity index (χ1n) is 14.0. The fraction of sp³-hybridized carbons (Fsp3) is 0.467. The highest BCUT2D eigenvalue weighted by atomic mass is 16.4. The van der Waals surface area contributed by atoms with E-state index in [0.717, 1.165) is 5.56 Å². The van der Waals surface area contributed by atoms with Gasteiger partial charge in [-0.2, -0.15) is 0 Å². The van der Waals surface area contributed by atoms with Gasteiger partial charge in [-0.3, -0.25) is 14.4 Å². The molecule has 0 heterocycles. The second kappa shape index (κ2) is 17.0. The van der Waals surface area contributed by atoms with Crippen molar-refractivity contribution in [3.8, 4) is 5.75 Å². The molecular weight excluding hydrogens is 526 g/mol. The van der Waals surface area contributed by atoms with Crippen LogP contribution < -0.4 is 27.4 Å². The number of hydrogen-bond acceptors (Lipinski definition) is 7. The van der Waals surface area contributed by atoms with E-state index in [9.17, 15) is 29.4 Å². The van der Waals surface area contributed by atoms with E-state index in [1.165, 1.54) is 12.1 Å². The number of phenols is 1. The zero-order valence-electron chi connectivity index (χ0n) is 23.7. The van der Waals surface area contributed by atoms with Gasteiger partial charge in [0, 0.05) is 6.42 Å². The first-order chi connectivity index (χ1) is 19.5. The van der Waals surface area contributed by atoms with E-state index in [2.05, 4.69) is 16.0 Å². The van der Waals surface area contributed by atoms with Crippen LogP contribution in [0.3, 0.4) is 0 Å². The maximum Gasteiger partial charge on any atom is 0.326 e. The lowest BCUT2D eigenvalue weighted by Gasteiger charge is -2.28. The number of carboxylic acid groups (broad SMARTS) is 1. The number of amides is 3. The number of carbonyl (C=O) groups is 4. The fourth-order valence-corrected chi connectivity index (χ4v) is 4.28. The first-order valence-corrected chi connectivity index (χ1v) is 14.0. The van der Waals surface area contributed by atoms with Crippen LogP contribution in [-0.4, -0.2) is 64.6 Å². The zero-order chi connectivity index (χ0) is 30.4. The summed E-state index contributed by atoms with van der Waals surface area (Å²) in [6, 6.07) is 11.3. The SMILES string of the molecule is CCC(C)C(NC(=O)C(Cc1ccc(O)cc1)NC(=O)C(N)Cc1ccccc1)C(=O)NC(CCCCN)C(=O)O. The number of hydrogen-bond donors (Lipinski definition) is 7. The summed E-state index contributed by atoms with van der Waals surface area (Å²) >= 11 is 0. The van der Waals surface area contributed by atoms with Crippen LogP contribution in [0.4, 0.5) is 0 Å². The second-order valence-electron chi connectivity index (χ2n) is 10.3. The highest BCUT2D eigenvalue weighted by Crippen LogP contribution is 2.14. The molecule has 3 amide bonds. The van der Waals surface area contributed by atoms with Gasteiger partial charge in [-0.1, -0.05) is 62.7 Å². The van der Waals surface area contributed by atoms with Crippen molar-refractivity contribution in [3.63, 3.8) is 0 Å². The lowest BCUT2D eigenvalue weighted by molar-refractivity contribution is -0.143. The smallest absolute Gasteiger partial charge is 0.326 e. The Morgan fingerprint density at radius 1 is 0.805 bits per heavy atom. The van der Waals surface area contributed by atoms with Gasteiger partial charge in [0.1, 0.15) is 23.9 Å². The number of unbranched alkanes of at least 4 members (excludes halogenated alkanes) is 1. The lowest BCUT2D eigenvalue weighted by Crippen LogP contribution is -2.59. The lowest BCUT2D eigenvalue weighted by atomic mass is 9.96. The first kappa shape index (κ1) is 33.2. The number of carbonyl (C=O) groups excluding carboxylic acids is 3. The number of carboxylic acids is 1. The summed E-state index contributed by atoms with van der Waals surface area (Å²) in [6.07, 6.45) is 2.22. The molecule has 5 unspecified atom stereocenters. The average molecular weight is 570 g/mol. The predicted octanol–water partition coefficient (Wildman–Crippen LogP) is 1.22. The fourth-order valence-electron chi connectivity index (χ4n) is 4.28. The van der Waals surface area contributed by atoms with Crippen LogP contribution >= 0.6 is 0 Å². The monoisotopic (exact) mass is 569 g/mol. The molecule has 2 aromatic carbocycles. The standard InChI is InChI=1S/C30H43N5O6/c1-3-19(2)26(29(39)33-24(30(40)41)11-7-8-16-31)35-28(38)25(18-21-12-14-22(36)15-13-21)34-27(37)23(32)17-20-9-5-4-6-10-20/h4-6,9-10,12-15,19,23-26,36H,3,7-8,11,16-18,31-32H2,1-2H3,(H,33,39)(H,34,37)(H,35,38)(H,40,41). The Morgan fingerprint density at radius 3 is 2.00 bits per heavy atom. The summed E-state index contributed by atoms with van der Waals surface area (Å²) in [7, 11) is 0. The van der Waals surface area contributed by atoms with Crippen LogP contribution in [0.1, 0.15) is 50.7 Å². The summed E-state index contributed by atoms with van der Waals surface area (Å²) in [5, 5.41) is 27.2. The zero-order valence-corrected chi connectivity index (χ0v) is 23.7. The van der Waals surface area contributed by atoms with E-state index in [-0.39, 0.29) is 30.9 Å². The summed E-state index contributed by atoms with van der Waals surface area (Å²) in [6.45, 7) is 4.04. The van der Waals surface area contributed by atoms with Gasteiger partial charge in [0.25, 0.3) is 0 Å². The van der Waals surface area contributed by atoms with Crippen molar-refractivity contribution in [2.45, 2.75) is 76.5 Å². The predicted molar refractivity (Wildman–Crippen MR) is 156 cm³/mol. The molecule has 41 heavy (non-hydrogen) atoms. The molecule has 0 aromatic heterocycles. The largest absolute Gasteiger partial charge is 0.508 e. The van der Waals surface area contributed by atoms with Crippen molar-refractivity contribution in [1.29, 1.82) is 0 Å². The number of rotatable bonds is 17. The van der Waals surface area contributed by atoms with Gasteiger partial charge in [0.2, 0.25) is 17.7 Å². The normalized spacial score (nSPS) is 14.6. The molecule has 5 atom stereocenters. The van der Waals surface area contributed by atoms with Gasteiger partial charge in [0.15, 0.2) is 0 Å². The number of aliphatic carboxylic acids is 1. The number of nitrogens with two attached hydrogens (primary N) is 2. The molecule has 0 fully saturated rings. The topological polar surface area (TPSA) is 197 Å². The van der Waals surface area contributed by atoms with Gasteiger partial charge in [0.05, 0.1) is 6.04 Å². The van der Waals surface area contributed by atoms with E-state index < -0.39 is 47.9 Å². The Bertz CT molecular complexity index is 1130. The molecule has 0 aliphatic rings. The molecule has 0 spiro atoms. The number of benzene rings is 2. The minimum Gasteiger partial charge on any atom is -0.508 e. The number of aromatic hydroxyl groups is 1. The molecule has 11 nitrogen and oxygen atoms in total. The van der Waals surface area contributed by atoms with Crippen LogP contribution in [0, 0.1) is 5.92 Å². The quantitative estimate of drug-likeness (QED) is 0.138. The van der Waals surface area contributed by atoms with E-state index in [4.69, 9.17) is 11.5 Å². The Balaban J connectivity index is 2.22. The van der Waals surface area contributed by atoms with Gasteiger partial charge in [-0.15, -0.1) is 0 Å². The minimum atomic E-state index is -1.17. The molecular formula is C30H43N5O6. The summed E-state index contributed by atoms with van der Waals surface area (Å²) < 4.78 is 0. The van der Waals surface area contributed by atoms with Gasteiger partial charge in [-0.25, -0.2) is 4.79 Å². The van der Waals surface area contributed by atoms with Crippen LogP contribution in [0.5, 0.6) is 5.75 Å². The van der Waals surface area contributed by atoms with Crippen molar-refractivity contribution >= 4 is 23.7 Å². The Morgan fingerprint density at radius 2 is 1.41 bits per heavy atom. The molecule has 2 rings (SSSR count). The molecule has 0 saturated heterocycles. The Kier molecular flexibility index (Phi) is 13.8. The van der Waals surface area contributed by atoms with Crippen molar-refractivity contribution in [2.24, 2.45) is 17.4 Å². The molecule has 0 saturated carbocycles. The maximum atomic E-state index is 13.6. The molecule has 0 bridgehead atoms. The number of phenolic OH excluding ortho intramolecular Hbond substituents is 1. The summed E-state index contributed by atoms with van der Waals surface area (Å²) in [5.41, 5.74) is 13.2. The third-order valence-electron chi connectivity index (χ3n) is 7.00. The van der Waals surface area contributed by atoms with E-state index in [0.29, 0.717) is 31.4 Å². The Hall–Kier alpha value is -3.96. The van der Waals surface area contributed by atoms with Crippen LogP contribution in [-0.2, 0) is 32.0 Å².